The van der Waals surface area contributed by atoms with Crippen LogP contribution in [0.4, 0.5) is 0 Å². The highest BCUT2D eigenvalue weighted by atomic mass is 32.3. The van der Waals surface area contributed by atoms with Crippen LogP contribution in [-0.4, -0.2) is 62.6 Å². The Morgan fingerprint density at radius 1 is 0.727 bits per heavy atom. The fourth-order valence-electron chi connectivity index (χ4n) is 1.22. The Bertz CT molecular complexity index is 425. The second kappa shape index (κ2) is 8.25. The molecule has 10 heteroatoms. The average molecular weight is 364 g/mol. The molecule has 0 aliphatic heterocycles. The van der Waals surface area contributed by atoms with Gasteiger partial charge < -0.3 is 23.1 Å². The molecule has 8 nitrogen and oxygen atoms in total. The van der Waals surface area contributed by atoms with E-state index in [-0.39, 0.29) is 39.3 Å². The molecule has 0 unspecified atom stereocenters. The van der Waals surface area contributed by atoms with E-state index in [0.717, 1.165) is 0 Å². The zero-order chi connectivity index (χ0) is 17.7. The molecule has 0 radical (unpaired) electrons. The lowest BCUT2D eigenvalue weighted by molar-refractivity contribution is 0.0413. The Kier molecular flexibility index (Phi) is 8.27. The normalized spacial score (nSPS) is 15.1. The Balaban J connectivity index is 3.77. The molecule has 136 valence electrons. The molecule has 0 saturated carbocycles. The molecule has 0 fully saturated rings. The summed E-state index contributed by atoms with van der Waals surface area (Å²) in [6.45, 7) is 6.78. The molecule has 0 heterocycles. The fourth-order valence-corrected chi connectivity index (χ4v) is 1.92. The number of rotatable bonds is 11. The van der Waals surface area contributed by atoms with E-state index >= 15 is 0 Å². The van der Waals surface area contributed by atoms with Crippen LogP contribution >= 0.6 is 10.9 Å². The lowest BCUT2D eigenvalue weighted by Gasteiger charge is -2.36. The molecular weight excluding hydrogens is 336 g/mol. The van der Waals surface area contributed by atoms with Crippen LogP contribution in [0, 0.1) is 0 Å². The molecular formula is C12H28O8S2. The third-order valence-electron chi connectivity index (χ3n) is 3.51. The molecule has 0 bridgehead atoms. The maximum absolute atomic E-state index is 11.0. The fraction of sp³-hybridized carbons (Fsp3) is 1.00. The molecule has 0 aromatic rings. The summed E-state index contributed by atoms with van der Waals surface area (Å²) in [6, 6.07) is 0. The largest absolute Gasteiger partial charge is 0.379 e. The van der Waals surface area contributed by atoms with Gasteiger partial charge in [-0.15, -0.1) is 0 Å². The summed E-state index contributed by atoms with van der Waals surface area (Å²) in [5.74, 6) is 0. The van der Waals surface area contributed by atoms with Gasteiger partial charge in [0.05, 0.1) is 33.6 Å². The van der Waals surface area contributed by atoms with E-state index in [1.165, 1.54) is 27.7 Å². The van der Waals surface area contributed by atoms with Crippen molar-refractivity contribution in [1.29, 1.82) is 0 Å². The van der Waals surface area contributed by atoms with Crippen molar-refractivity contribution in [2.45, 2.75) is 50.0 Å². The Morgan fingerprint density at radius 3 is 1.41 bits per heavy atom. The minimum absolute atomic E-state index is 0.157. The van der Waals surface area contributed by atoms with E-state index in [2.05, 4.69) is 0 Å². The molecule has 22 heavy (non-hydrogen) atoms. The summed E-state index contributed by atoms with van der Waals surface area (Å²) >= 11 is 0. The average Bonchev–Trinajstić information content (AvgIpc) is 2.29. The van der Waals surface area contributed by atoms with Crippen molar-refractivity contribution in [1.82, 2.24) is 0 Å². The highest BCUT2D eigenvalue weighted by Crippen LogP contribution is 2.49. The van der Waals surface area contributed by atoms with E-state index in [1.807, 2.05) is 0 Å². The minimum Gasteiger partial charge on any atom is -0.379 e. The Morgan fingerprint density at radius 2 is 1.09 bits per heavy atom. The summed E-state index contributed by atoms with van der Waals surface area (Å²) in [5, 5.41) is 0. The predicted molar refractivity (Wildman–Crippen MR) is 86.1 cm³/mol. The van der Waals surface area contributed by atoms with Gasteiger partial charge in [0.25, 0.3) is 10.1 Å². The van der Waals surface area contributed by atoms with E-state index < -0.39 is 30.5 Å². The van der Waals surface area contributed by atoms with Crippen molar-refractivity contribution in [2.24, 2.45) is 0 Å². The van der Waals surface area contributed by atoms with Crippen LogP contribution in [0.1, 0.15) is 40.5 Å². The summed E-state index contributed by atoms with van der Waals surface area (Å²) in [4.78, 5) is 0. The predicted octanol–water partition coefficient (Wildman–Crippen LogP) is 2.47. The molecule has 4 N–H and O–H groups in total. The van der Waals surface area contributed by atoms with Gasteiger partial charge in [-0.2, -0.15) is 8.42 Å². The SMILES string of the molecule is CC(C)(CCOCCOCCC(C)(C)S(=O)(=O)O)S(O)(O)O. The first kappa shape index (κ1) is 22.1. The van der Waals surface area contributed by atoms with E-state index in [1.54, 1.807) is 0 Å². The molecule has 0 spiro atoms. The Hall–Kier alpha value is 0.0600. The van der Waals surface area contributed by atoms with Crippen molar-refractivity contribution in [3.63, 3.8) is 0 Å². The zero-order valence-corrected chi connectivity index (χ0v) is 15.1. The molecule has 0 aliphatic carbocycles. The van der Waals surface area contributed by atoms with Crippen LogP contribution in [0.15, 0.2) is 0 Å². The lowest BCUT2D eigenvalue weighted by atomic mass is 10.1. The summed E-state index contributed by atoms with van der Waals surface area (Å²) in [5.41, 5.74) is 0. The molecule has 0 rings (SSSR count). The molecule has 0 aromatic heterocycles. The quantitative estimate of drug-likeness (QED) is 0.324. The van der Waals surface area contributed by atoms with Crippen molar-refractivity contribution >= 4 is 21.0 Å². The van der Waals surface area contributed by atoms with Gasteiger partial charge >= 0.3 is 0 Å². The van der Waals surface area contributed by atoms with Gasteiger partial charge in [0, 0.05) is 13.2 Å². The molecule has 0 amide bonds. The van der Waals surface area contributed by atoms with Gasteiger partial charge in [0.15, 0.2) is 0 Å². The van der Waals surface area contributed by atoms with E-state index in [9.17, 15) is 22.1 Å². The highest BCUT2D eigenvalue weighted by molar-refractivity contribution is 8.20. The van der Waals surface area contributed by atoms with Crippen molar-refractivity contribution < 1.29 is 36.1 Å². The maximum atomic E-state index is 11.0. The first-order valence-corrected chi connectivity index (χ1v) is 9.78. The Labute approximate surface area is 134 Å². The monoisotopic (exact) mass is 364 g/mol. The number of hydrogen-bond acceptors (Lipinski definition) is 7. The van der Waals surface area contributed by atoms with Crippen molar-refractivity contribution in [2.75, 3.05) is 26.4 Å². The van der Waals surface area contributed by atoms with Crippen LogP contribution in [-0.2, 0) is 19.6 Å². The highest BCUT2D eigenvalue weighted by Gasteiger charge is 2.35. The second-order valence-corrected chi connectivity index (χ2v) is 10.4. The summed E-state index contributed by atoms with van der Waals surface area (Å²) < 4.78 is 66.9. The maximum Gasteiger partial charge on any atom is 0.270 e. The topological polar surface area (TPSA) is 134 Å². The molecule has 0 saturated heterocycles. The molecule has 0 aromatic carbocycles. The van der Waals surface area contributed by atoms with Crippen LogP contribution in [0.25, 0.3) is 0 Å². The summed E-state index contributed by atoms with van der Waals surface area (Å²) in [7, 11) is -7.74. The van der Waals surface area contributed by atoms with Gasteiger partial charge in [-0.3, -0.25) is 4.55 Å². The van der Waals surface area contributed by atoms with E-state index in [4.69, 9.17) is 14.0 Å². The van der Waals surface area contributed by atoms with E-state index in [0.29, 0.717) is 0 Å². The van der Waals surface area contributed by atoms with Crippen LogP contribution < -0.4 is 0 Å². The number of hydrogen-bond donors (Lipinski definition) is 4. The van der Waals surface area contributed by atoms with Crippen LogP contribution in [0.3, 0.4) is 0 Å². The molecule has 0 atom stereocenters. The minimum atomic E-state index is -4.11. The standard InChI is InChI=1S/C12H28O8S2/c1-11(2,21(13,14)15)5-7-19-9-10-20-8-6-12(3,4)22(16,17)18/h13-15H,5-10H2,1-4H3,(H,16,17,18). The van der Waals surface area contributed by atoms with Crippen LogP contribution in [0.2, 0.25) is 0 Å². The summed E-state index contributed by atoms with van der Waals surface area (Å²) in [6.07, 6.45) is 0.423. The second-order valence-electron chi connectivity index (χ2n) is 6.24. The van der Waals surface area contributed by atoms with Crippen molar-refractivity contribution in [3.05, 3.63) is 0 Å². The van der Waals surface area contributed by atoms with Gasteiger partial charge in [-0.1, -0.05) is 0 Å². The van der Waals surface area contributed by atoms with Gasteiger partial charge in [-0.25, -0.2) is 0 Å². The lowest BCUT2D eigenvalue weighted by Crippen LogP contribution is -2.32. The first-order chi connectivity index (χ1) is 9.71. The van der Waals surface area contributed by atoms with Crippen LogP contribution in [0.5, 0.6) is 0 Å². The molecule has 0 aliphatic rings. The third kappa shape index (κ3) is 7.55. The van der Waals surface area contributed by atoms with Gasteiger partial charge in [0.2, 0.25) is 0 Å². The van der Waals surface area contributed by atoms with Gasteiger partial charge in [0.1, 0.15) is 0 Å². The third-order valence-corrected chi connectivity index (χ3v) is 6.80. The smallest absolute Gasteiger partial charge is 0.270 e. The first-order valence-electron chi connectivity index (χ1n) is 6.83. The number of ether oxygens (including phenoxy) is 2. The van der Waals surface area contributed by atoms with Gasteiger partial charge in [-0.05, 0) is 40.5 Å². The zero-order valence-electron chi connectivity index (χ0n) is 13.5. The van der Waals surface area contributed by atoms with Crippen molar-refractivity contribution in [3.8, 4) is 0 Å².